The Balaban J connectivity index is 1.98. The first-order chi connectivity index (χ1) is 10.3. The highest BCUT2D eigenvalue weighted by atomic mass is 16.3. The lowest BCUT2D eigenvalue weighted by atomic mass is 9.64. The van der Waals surface area contributed by atoms with Gasteiger partial charge in [-0.3, -0.25) is 0 Å². The van der Waals surface area contributed by atoms with Crippen molar-refractivity contribution < 1.29 is 10.2 Å². The molecule has 0 heterocycles. The van der Waals surface area contributed by atoms with Gasteiger partial charge in [0.05, 0.1) is 5.60 Å². The molecule has 2 saturated carbocycles. The Labute approximate surface area is 136 Å². The lowest BCUT2D eigenvalue weighted by Crippen LogP contribution is -2.41. The minimum Gasteiger partial charge on any atom is -0.396 e. The van der Waals surface area contributed by atoms with Gasteiger partial charge in [-0.15, -0.1) is 0 Å². The van der Waals surface area contributed by atoms with Crippen molar-refractivity contribution in [1.82, 2.24) is 0 Å². The smallest absolute Gasteiger partial charge is 0.0684 e. The molecule has 2 N–H and O–H groups in total. The Hall–Kier alpha value is -0.340. The second kappa shape index (κ2) is 5.63. The van der Waals surface area contributed by atoms with Crippen molar-refractivity contribution in [1.29, 1.82) is 0 Å². The van der Waals surface area contributed by atoms with Crippen LogP contribution in [0.1, 0.15) is 66.2 Å². The molecule has 3 aliphatic carbocycles. The predicted octanol–water partition coefficient (Wildman–Crippen LogP) is 4.16. The van der Waals surface area contributed by atoms with E-state index in [1.807, 2.05) is 6.92 Å². The summed E-state index contributed by atoms with van der Waals surface area (Å²) >= 11 is 0. The van der Waals surface area contributed by atoms with Crippen molar-refractivity contribution in [3.05, 3.63) is 11.6 Å². The van der Waals surface area contributed by atoms with Crippen LogP contribution in [-0.2, 0) is 0 Å². The lowest BCUT2D eigenvalue weighted by Gasteiger charge is -2.43. The van der Waals surface area contributed by atoms with Crippen LogP contribution in [0, 0.1) is 35.0 Å². The van der Waals surface area contributed by atoms with Crippen molar-refractivity contribution in [2.45, 2.75) is 71.8 Å². The average Bonchev–Trinajstić information content (AvgIpc) is 2.97. The monoisotopic (exact) mass is 306 g/mol. The molecule has 2 nitrogen and oxygen atoms in total. The van der Waals surface area contributed by atoms with E-state index in [0.717, 1.165) is 25.7 Å². The van der Waals surface area contributed by atoms with Gasteiger partial charge in [0.2, 0.25) is 0 Å². The summed E-state index contributed by atoms with van der Waals surface area (Å²) in [4.78, 5) is 0. The van der Waals surface area contributed by atoms with Crippen LogP contribution in [-0.4, -0.2) is 22.4 Å². The highest BCUT2D eigenvalue weighted by Gasteiger charge is 2.51. The maximum atomic E-state index is 11.1. The second-order valence-corrected chi connectivity index (χ2v) is 9.17. The number of hydrogen-bond acceptors (Lipinski definition) is 2. The summed E-state index contributed by atoms with van der Waals surface area (Å²) in [6, 6.07) is 0. The minimum absolute atomic E-state index is 0.292. The summed E-state index contributed by atoms with van der Waals surface area (Å²) in [7, 11) is 0. The van der Waals surface area contributed by atoms with Crippen LogP contribution < -0.4 is 0 Å². The van der Waals surface area contributed by atoms with E-state index in [-0.39, 0.29) is 0 Å². The molecule has 0 spiro atoms. The zero-order valence-corrected chi connectivity index (χ0v) is 14.8. The molecule has 0 unspecified atom stereocenters. The average molecular weight is 306 g/mol. The summed E-state index contributed by atoms with van der Waals surface area (Å²) in [6.45, 7) is 9.45. The van der Waals surface area contributed by atoms with Crippen molar-refractivity contribution in [2.24, 2.45) is 35.0 Å². The van der Waals surface area contributed by atoms with Gasteiger partial charge < -0.3 is 10.2 Å². The van der Waals surface area contributed by atoms with E-state index in [1.54, 1.807) is 5.57 Å². The van der Waals surface area contributed by atoms with E-state index in [9.17, 15) is 10.2 Å². The molecule has 0 radical (unpaired) electrons. The van der Waals surface area contributed by atoms with Gasteiger partial charge >= 0.3 is 0 Å². The van der Waals surface area contributed by atoms with Gasteiger partial charge in [-0.05, 0) is 80.5 Å². The third-order valence-electron chi connectivity index (χ3n) is 7.33. The van der Waals surface area contributed by atoms with Gasteiger partial charge in [-0.1, -0.05) is 32.4 Å². The molecule has 0 aromatic rings. The molecule has 3 rings (SSSR count). The molecule has 0 amide bonds. The third-order valence-corrected chi connectivity index (χ3v) is 7.33. The van der Waals surface area contributed by atoms with E-state index in [2.05, 4.69) is 26.8 Å². The van der Waals surface area contributed by atoms with Crippen molar-refractivity contribution in [2.75, 3.05) is 6.61 Å². The number of aliphatic hydroxyl groups excluding tert-OH is 1. The van der Waals surface area contributed by atoms with Crippen LogP contribution >= 0.6 is 0 Å². The van der Waals surface area contributed by atoms with Crippen molar-refractivity contribution in [3.63, 3.8) is 0 Å². The fourth-order valence-corrected chi connectivity index (χ4v) is 5.98. The van der Waals surface area contributed by atoms with Crippen molar-refractivity contribution >= 4 is 0 Å². The molecule has 6 atom stereocenters. The standard InChI is InChI=1S/C20H34O2/c1-13(2)15-7-9-19(3)11-16-14(12-21)5-6-18(16)20(4,22)10-8-17(15)19/h8,13-16,18,21-22H,5-7,9-12H2,1-4H3/t14-,15+,16+,18+,19+,20-/m0/s1. The maximum Gasteiger partial charge on any atom is 0.0684 e. The van der Waals surface area contributed by atoms with E-state index in [1.165, 1.54) is 12.8 Å². The Morgan fingerprint density at radius 3 is 2.59 bits per heavy atom. The Morgan fingerprint density at radius 1 is 1.23 bits per heavy atom. The molecule has 0 aromatic carbocycles. The first kappa shape index (κ1) is 16.5. The quantitative estimate of drug-likeness (QED) is 0.752. The maximum absolute atomic E-state index is 11.1. The third kappa shape index (κ3) is 2.57. The van der Waals surface area contributed by atoms with Gasteiger partial charge in [-0.2, -0.15) is 0 Å². The number of fused-ring (bicyclic) bond motifs is 2. The molecule has 0 aromatic heterocycles. The number of rotatable bonds is 2. The van der Waals surface area contributed by atoms with Crippen LogP contribution in [0.4, 0.5) is 0 Å². The Bertz CT molecular complexity index is 451. The minimum atomic E-state index is -0.604. The number of allylic oxidation sites excluding steroid dienone is 1. The molecule has 22 heavy (non-hydrogen) atoms. The van der Waals surface area contributed by atoms with E-state index in [4.69, 9.17) is 0 Å². The Kier molecular flexibility index (Phi) is 4.23. The summed E-state index contributed by atoms with van der Waals surface area (Å²) in [6.07, 6.45) is 9.10. The van der Waals surface area contributed by atoms with E-state index < -0.39 is 5.60 Å². The zero-order valence-electron chi connectivity index (χ0n) is 14.8. The van der Waals surface area contributed by atoms with Gasteiger partial charge in [0.15, 0.2) is 0 Å². The highest BCUT2D eigenvalue weighted by Crippen LogP contribution is 2.58. The largest absolute Gasteiger partial charge is 0.396 e. The van der Waals surface area contributed by atoms with E-state index in [0.29, 0.717) is 41.6 Å². The fourth-order valence-electron chi connectivity index (χ4n) is 5.98. The summed E-state index contributed by atoms with van der Waals surface area (Å²) in [5.74, 6) is 2.61. The van der Waals surface area contributed by atoms with Crippen molar-refractivity contribution in [3.8, 4) is 0 Å². The SMILES string of the molecule is CC(C)[C@H]1CC[C@]2(C)C[C@@H]3[C@H](CO)CC[C@H]3[C@@](C)(O)CC=C12. The van der Waals surface area contributed by atoms with Crippen LogP contribution in [0.3, 0.4) is 0 Å². The second-order valence-electron chi connectivity index (χ2n) is 9.17. The molecule has 0 saturated heterocycles. The van der Waals surface area contributed by atoms with Crippen LogP contribution in [0.25, 0.3) is 0 Å². The number of aliphatic hydroxyl groups is 2. The van der Waals surface area contributed by atoms with Crippen LogP contribution in [0.5, 0.6) is 0 Å². The fraction of sp³-hybridized carbons (Fsp3) is 0.900. The molecule has 2 fully saturated rings. The molecule has 0 aliphatic heterocycles. The lowest BCUT2D eigenvalue weighted by molar-refractivity contribution is -0.0334. The molecule has 126 valence electrons. The number of hydrogen-bond donors (Lipinski definition) is 2. The summed E-state index contributed by atoms with van der Waals surface area (Å²) in [5.41, 5.74) is 1.31. The van der Waals surface area contributed by atoms with Gasteiger partial charge in [0, 0.05) is 6.61 Å². The van der Waals surface area contributed by atoms with Crippen LogP contribution in [0.15, 0.2) is 11.6 Å². The van der Waals surface area contributed by atoms with E-state index >= 15 is 0 Å². The Morgan fingerprint density at radius 2 is 1.95 bits per heavy atom. The first-order valence-electron chi connectivity index (χ1n) is 9.32. The van der Waals surface area contributed by atoms with Crippen LogP contribution in [0.2, 0.25) is 0 Å². The normalized spacial score (nSPS) is 48.6. The predicted molar refractivity (Wildman–Crippen MR) is 90.4 cm³/mol. The molecule has 0 bridgehead atoms. The highest BCUT2D eigenvalue weighted by molar-refractivity contribution is 5.25. The van der Waals surface area contributed by atoms with Gasteiger partial charge in [0.1, 0.15) is 0 Å². The van der Waals surface area contributed by atoms with Gasteiger partial charge in [0.25, 0.3) is 0 Å². The zero-order chi connectivity index (χ0) is 16.1. The first-order valence-corrected chi connectivity index (χ1v) is 9.32. The van der Waals surface area contributed by atoms with Gasteiger partial charge in [-0.25, -0.2) is 0 Å². The summed E-state index contributed by atoms with van der Waals surface area (Å²) < 4.78 is 0. The molecule has 3 aliphatic rings. The topological polar surface area (TPSA) is 40.5 Å². The molecular weight excluding hydrogens is 272 g/mol. The molecule has 2 heteroatoms. The summed E-state index contributed by atoms with van der Waals surface area (Å²) in [5, 5.41) is 20.9. The molecular formula is C20H34O2.